The molecule has 1 saturated heterocycles. The molecule has 6 heteroatoms. The quantitative estimate of drug-likeness (QED) is 0.825. The first-order chi connectivity index (χ1) is 9.13. The molecule has 2 heterocycles. The topological polar surface area (TPSA) is 58.4 Å². The van der Waals surface area contributed by atoms with Crippen LogP contribution >= 0.6 is 27.3 Å². The van der Waals surface area contributed by atoms with Crippen molar-refractivity contribution in [2.45, 2.75) is 6.04 Å². The Morgan fingerprint density at radius 3 is 2.95 bits per heavy atom. The lowest BCUT2D eigenvalue weighted by Gasteiger charge is -2.14. The third kappa shape index (κ3) is 2.46. The van der Waals surface area contributed by atoms with Gasteiger partial charge in [0.1, 0.15) is 0 Å². The lowest BCUT2D eigenvalue weighted by atomic mass is 10.2. The Morgan fingerprint density at radius 2 is 2.26 bits per heavy atom. The zero-order valence-corrected chi connectivity index (χ0v) is 12.4. The number of thiophene rings is 1. The van der Waals surface area contributed by atoms with Crippen molar-refractivity contribution in [2.24, 2.45) is 0 Å². The van der Waals surface area contributed by atoms with Gasteiger partial charge in [0, 0.05) is 26.1 Å². The fraction of sp³-hybridized carbons (Fsp3) is 0.154. The van der Waals surface area contributed by atoms with Crippen molar-refractivity contribution >= 4 is 44.7 Å². The molecule has 2 amide bonds. The number of carbonyl (C=O) groups is 1. The van der Waals surface area contributed by atoms with Crippen molar-refractivity contribution in [2.75, 3.05) is 17.2 Å². The Kier molecular flexibility index (Phi) is 3.20. The normalized spacial score (nSPS) is 18.7. The number of urea groups is 1. The summed E-state index contributed by atoms with van der Waals surface area (Å²) in [6.07, 6.45) is 0. The van der Waals surface area contributed by atoms with Crippen molar-refractivity contribution in [3.63, 3.8) is 0 Å². The van der Waals surface area contributed by atoms with Gasteiger partial charge in [-0.25, -0.2) is 4.79 Å². The van der Waals surface area contributed by atoms with Crippen LogP contribution in [0.3, 0.4) is 0 Å². The molecule has 1 unspecified atom stereocenters. The van der Waals surface area contributed by atoms with Gasteiger partial charge in [0.2, 0.25) is 0 Å². The molecular weight excluding hydrogens is 326 g/mol. The molecule has 0 aliphatic carbocycles. The number of amides is 2. The van der Waals surface area contributed by atoms with E-state index in [1.54, 1.807) is 16.2 Å². The van der Waals surface area contributed by atoms with Gasteiger partial charge in [-0.1, -0.05) is 6.07 Å². The van der Waals surface area contributed by atoms with Crippen LogP contribution in [0.5, 0.6) is 0 Å². The number of carbonyl (C=O) groups excluding carboxylic acids is 1. The first-order valence-electron chi connectivity index (χ1n) is 5.81. The highest BCUT2D eigenvalue weighted by molar-refractivity contribution is 9.10. The van der Waals surface area contributed by atoms with Gasteiger partial charge >= 0.3 is 6.03 Å². The average molecular weight is 338 g/mol. The summed E-state index contributed by atoms with van der Waals surface area (Å²) in [4.78, 5) is 14.9. The molecule has 2 aromatic rings. The molecule has 3 rings (SSSR count). The van der Waals surface area contributed by atoms with Crippen LogP contribution in [0.2, 0.25) is 0 Å². The lowest BCUT2D eigenvalue weighted by Crippen LogP contribution is -2.27. The highest BCUT2D eigenvalue weighted by atomic mass is 79.9. The van der Waals surface area contributed by atoms with E-state index in [1.807, 2.05) is 35.7 Å². The van der Waals surface area contributed by atoms with Gasteiger partial charge in [0.25, 0.3) is 0 Å². The molecule has 1 aromatic heterocycles. The summed E-state index contributed by atoms with van der Waals surface area (Å²) in [5, 5.41) is 5.01. The van der Waals surface area contributed by atoms with E-state index in [1.165, 1.54) is 0 Å². The van der Waals surface area contributed by atoms with Gasteiger partial charge in [0.05, 0.1) is 12.6 Å². The summed E-state index contributed by atoms with van der Waals surface area (Å²) < 4.78 is 1.05. The third-order valence-electron chi connectivity index (χ3n) is 3.02. The molecule has 1 aliphatic rings. The summed E-state index contributed by atoms with van der Waals surface area (Å²) in [7, 11) is 0. The second-order valence-corrected chi connectivity index (χ2v) is 6.23. The van der Waals surface area contributed by atoms with E-state index in [-0.39, 0.29) is 12.1 Å². The Labute approximate surface area is 123 Å². The van der Waals surface area contributed by atoms with E-state index >= 15 is 0 Å². The van der Waals surface area contributed by atoms with Crippen molar-refractivity contribution < 1.29 is 4.79 Å². The molecule has 0 spiro atoms. The number of nitrogens with one attached hydrogen (secondary N) is 1. The summed E-state index contributed by atoms with van der Waals surface area (Å²) in [5.74, 6) is 0. The minimum Gasteiger partial charge on any atom is -0.399 e. The number of halogens is 1. The highest BCUT2D eigenvalue weighted by Gasteiger charge is 2.31. The average Bonchev–Trinajstić information content (AvgIpc) is 2.95. The van der Waals surface area contributed by atoms with E-state index in [4.69, 9.17) is 5.73 Å². The SMILES string of the molecule is Nc1cccc(N2CC(c3cc(Br)cs3)NC2=O)c1. The lowest BCUT2D eigenvalue weighted by molar-refractivity contribution is 0.251. The Hall–Kier alpha value is -1.53. The van der Waals surface area contributed by atoms with Gasteiger partial charge in [-0.05, 0) is 40.2 Å². The van der Waals surface area contributed by atoms with Gasteiger partial charge in [0.15, 0.2) is 0 Å². The molecule has 1 atom stereocenters. The van der Waals surface area contributed by atoms with E-state index in [0.717, 1.165) is 15.0 Å². The van der Waals surface area contributed by atoms with Crippen LogP contribution in [-0.2, 0) is 0 Å². The van der Waals surface area contributed by atoms with E-state index in [0.29, 0.717) is 12.2 Å². The molecule has 3 N–H and O–H groups in total. The second-order valence-electron chi connectivity index (χ2n) is 4.37. The molecule has 1 aromatic carbocycles. The number of nitrogens with zero attached hydrogens (tertiary/aromatic N) is 1. The minimum atomic E-state index is -0.0832. The molecule has 0 radical (unpaired) electrons. The van der Waals surface area contributed by atoms with Gasteiger partial charge < -0.3 is 11.1 Å². The molecular formula is C13H12BrN3OS. The molecule has 1 fully saturated rings. The summed E-state index contributed by atoms with van der Waals surface area (Å²) in [5.41, 5.74) is 7.25. The predicted molar refractivity (Wildman–Crippen MR) is 81.5 cm³/mol. The number of anilines is 2. The van der Waals surface area contributed by atoms with Crippen LogP contribution in [-0.4, -0.2) is 12.6 Å². The van der Waals surface area contributed by atoms with E-state index in [9.17, 15) is 4.79 Å². The maximum absolute atomic E-state index is 12.0. The number of nitrogens with two attached hydrogens (primary N) is 1. The molecule has 19 heavy (non-hydrogen) atoms. The molecule has 4 nitrogen and oxygen atoms in total. The Morgan fingerprint density at radius 1 is 1.42 bits per heavy atom. The number of benzene rings is 1. The number of hydrogen-bond donors (Lipinski definition) is 2. The fourth-order valence-electron chi connectivity index (χ4n) is 2.13. The van der Waals surface area contributed by atoms with Crippen LogP contribution in [0, 0.1) is 0 Å². The van der Waals surface area contributed by atoms with Crippen LogP contribution in [0.4, 0.5) is 16.2 Å². The molecule has 98 valence electrons. The van der Waals surface area contributed by atoms with Crippen LogP contribution in [0.1, 0.15) is 10.9 Å². The Balaban J connectivity index is 1.84. The summed E-state index contributed by atoms with van der Waals surface area (Å²) in [6, 6.07) is 9.36. The molecule has 0 bridgehead atoms. The van der Waals surface area contributed by atoms with Crippen molar-refractivity contribution in [3.8, 4) is 0 Å². The number of nitrogen functional groups attached to an aromatic ring is 1. The van der Waals surface area contributed by atoms with Gasteiger partial charge in [-0.2, -0.15) is 0 Å². The monoisotopic (exact) mass is 337 g/mol. The minimum absolute atomic E-state index is 0.0326. The largest absolute Gasteiger partial charge is 0.399 e. The van der Waals surface area contributed by atoms with Crippen molar-refractivity contribution in [1.82, 2.24) is 5.32 Å². The first kappa shape index (κ1) is 12.5. The predicted octanol–water partition coefficient (Wildman–Crippen LogP) is 3.36. The van der Waals surface area contributed by atoms with Crippen molar-refractivity contribution in [3.05, 3.63) is 45.1 Å². The Bertz CT molecular complexity index is 628. The molecule has 1 aliphatic heterocycles. The summed E-state index contributed by atoms with van der Waals surface area (Å²) in [6.45, 7) is 0.620. The maximum Gasteiger partial charge on any atom is 0.322 e. The van der Waals surface area contributed by atoms with Crippen LogP contribution < -0.4 is 16.0 Å². The highest BCUT2D eigenvalue weighted by Crippen LogP contribution is 2.31. The smallest absolute Gasteiger partial charge is 0.322 e. The fourth-order valence-corrected chi connectivity index (χ4v) is 3.61. The third-order valence-corrected chi connectivity index (χ3v) is 4.83. The van der Waals surface area contributed by atoms with E-state index < -0.39 is 0 Å². The molecule has 0 saturated carbocycles. The zero-order valence-electron chi connectivity index (χ0n) is 9.97. The second kappa shape index (κ2) is 4.86. The standard InChI is InChI=1S/C13H12BrN3OS/c14-8-4-12(19-7-8)11-6-17(13(18)16-11)10-3-1-2-9(15)5-10/h1-5,7,11H,6,15H2,(H,16,18). The number of hydrogen-bond acceptors (Lipinski definition) is 3. The van der Waals surface area contributed by atoms with E-state index in [2.05, 4.69) is 21.2 Å². The van der Waals surface area contributed by atoms with Gasteiger partial charge in [-0.3, -0.25) is 4.90 Å². The van der Waals surface area contributed by atoms with Crippen LogP contribution in [0.25, 0.3) is 0 Å². The number of rotatable bonds is 2. The van der Waals surface area contributed by atoms with Crippen molar-refractivity contribution in [1.29, 1.82) is 0 Å². The maximum atomic E-state index is 12.0. The summed E-state index contributed by atoms with van der Waals surface area (Å²) >= 11 is 5.07. The van der Waals surface area contributed by atoms with Crippen LogP contribution in [0.15, 0.2) is 40.2 Å². The zero-order chi connectivity index (χ0) is 13.4. The van der Waals surface area contributed by atoms with Gasteiger partial charge in [-0.15, -0.1) is 11.3 Å². The first-order valence-corrected chi connectivity index (χ1v) is 7.48.